The number of benzene rings is 2. The fourth-order valence-electron chi connectivity index (χ4n) is 4.88. The number of nitrogens with one attached hydrogen (secondary N) is 1. The van der Waals surface area contributed by atoms with E-state index in [1.807, 2.05) is 20.8 Å². The lowest BCUT2D eigenvalue weighted by Crippen LogP contribution is -2.45. The average Bonchev–Trinajstić information content (AvgIpc) is 2.98. The smallest absolute Gasteiger partial charge is 0.407 e. The summed E-state index contributed by atoms with van der Waals surface area (Å²) in [6, 6.07) is 10.1. The third-order valence-electron chi connectivity index (χ3n) is 6.49. The lowest BCUT2D eigenvalue weighted by molar-refractivity contribution is -0.132. The summed E-state index contributed by atoms with van der Waals surface area (Å²) >= 11 is 0. The minimum atomic E-state index is -2.29. The number of nitrogens with zero attached hydrogens (tertiary/aromatic N) is 1. The van der Waals surface area contributed by atoms with Gasteiger partial charge >= 0.3 is 6.09 Å². The molecule has 2 amide bonds. The number of para-hydroxylation sites is 1. The van der Waals surface area contributed by atoms with E-state index in [9.17, 15) is 23.5 Å². The van der Waals surface area contributed by atoms with Crippen LogP contribution in [-0.4, -0.2) is 35.3 Å². The Bertz CT molecular complexity index is 1090. The van der Waals surface area contributed by atoms with Crippen molar-refractivity contribution in [3.05, 3.63) is 65.2 Å². The van der Waals surface area contributed by atoms with E-state index in [-0.39, 0.29) is 17.5 Å². The van der Waals surface area contributed by atoms with E-state index in [0.29, 0.717) is 12.2 Å². The fourth-order valence-corrected chi connectivity index (χ4v) is 4.88. The Hall–Kier alpha value is -3.00. The molecule has 4 rings (SSSR count). The topological polar surface area (TPSA) is 78.9 Å². The zero-order valence-electron chi connectivity index (χ0n) is 19.6. The summed E-state index contributed by atoms with van der Waals surface area (Å²) in [5.74, 6) is -2.91. The van der Waals surface area contributed by atoms with Crippen LogP contribution in [-0.2, 0) is 15.1 Å². The minimum Gasteiger partial charge on any atom is -0.444 e. The SMILES string of the molecule is CC(C)(C)OC(=O)NC1CCC(CN2C(=O)C(O)(c3cccc(F)c3F)c3ccccc32)CC1. The van der Waals surface area contributed by atoms with Crippen LogP contribution >= 0.6 is 0 Å². The molecule has 2 aromatic rings. The third kappa shape index (κ3) is 4.51. The molecular formula is C26H30F2N2O4. The van der Waals surface area contributed by atoms with Crippen LogP contribution in [0.5, 0.6) is 0 Å². The Kier molecular flexibility index (Phi) is 6.38. The van der Waals surface area contributed by atoms with Crippen molar-refractivity contribution in [3.63, 3.8) is 0 Å². The van der Waals surface area contributed by atoms with Crippen LogP contribution in [0.2, 0.25) is 0 Å². The van der Waals surface area contributed by atoms with Gasteiger partial charge in [-0.1, -0.05) is 30.3 Å². The molecule has 0 bridgehead atoms. The number of hydrogen-bond donors (Lipinski definition) is 2. The highest BCUT2D eigenvalue weighted by molar-refractivity contribution is 6.09. The number of halogens is 2. The molecule has 182 valence electrons. The first-order valence-corrected chi connectivity index (χ1v) is 11.6. The van der Waals surface area contributed by atoms with Crippen LogP contribution in [0, 0.1) is 17.6 Å². The summed E-state index contributed by atoms with van der Waals surface area (Å²) in [5.41, 5.74) is -2.52. The van der Waals surface area contributed by atoms with Crippen LogP contribution in [0.25, 0.3) is 0 Å². The summed E-state index contributed by atoms with van der Waals surface area (Å²) in [7, 11) is 0. The predicted octanol–water partition coefficient (Wildman–Crippen LogP) is 4.63. The summed E-state index contributed by atoms with van der Waals surface area (Å²) < 4.78 is 33.9. The van der Waals surface area contributed by atoms with Gasteiger partial charge in [0.1, 0.15) is 5.60 Å². The Balaban J connectivity index is 1.48. The number of fused-ring (bicyclic) bond motifs is 1. The largest absolute Gasteiger partial charge is 0.444 e. The van der Waals surface area contributed by atoms with Crippen molar-refractivity contribution < 1.29 is 28.2 Å². The number of alkyl carbamates (subject to hydrolysis) is 1. The number of hydrogen-bond acceptors (Lipinski definition) is 4. The van der Waals surface area contributed by atoms with E-state index in [1.165, 1.54) is 17.0 Å². The number of ether oxygens (including phenoxy) is 1. The van der Waals surface area contributed by atoms with E-state index in [4.69, 9.17) is 4.74 Å². The van der Waals surface area contributed by atoms with E-state index >= 15 is 0 Å². The first-order valence-electron chi connectivity index (χ1n) is 11.6. The van der Waals surface area contributed by atoms with E-state index < -0.39 is 40.4 Å². The first-order chi connectivity index (χ1) is 16.0. The molecule has 6 nitrogen and oxygen atoms in total. The van der Waals surface area contributed by atoms with Crippen LogP contribution < -0.4 is 10.2 Å². The van der Waals surface area contributed by atoms with Gasteiger partial charge in [-0.25, -0.2) is 13.6 Å². The number of rotatable bonds is 4. The molecule has 0 aromatic heterocycles. The highest BCUT2D eigenvalue weighted by Crippen LogP contribution is 2.46. The van der Waals surface area contributed by atoms with Crippen molar-refractivity contribution in [2.45, 2.75) is 63.7 Å². The number of amides is 2. The minimum absolute atomic E-state index is 0.00834. The zero-order valence-corrected chi connectivity index (χ0v) is 19.6. The molecule has 1 saturated carbocycles. The van der Waals surface area contributed by atoms with E-state index in [0.717, 1.165) is 31.7 Å². The highest BCUT2D eigenvalue weighted by Gasteiger charge is 2.52. The number of carbonyl (C=O) groups is 2. The molecule has 1 heterocycles. The molecule has 2 aromatic carbocycles. The van der Waals surface area contributed by atoms with Crippen molar-refractivity contribution in [3.8, 4) is 0 Å². The van der Waals surface area contributed by atoms with Crippen LogP contribution in [0.15, 0.2) is 42.5 Å². The second-order valence-corrected chi connectivity index (χ2v) is 10.1. The summed E-state index contributed by atoms with van der Waals surface area (Å²) in [6.45, 7) is 5.77. The summed E-state index contributed by atoms with van der Waals surface area (Å²) in [6.07, 6.45) is 2.55. The molecule has 0 saturated heterocycles. The third-order valence-corrected chi connectivity index (χ3v) is 6.49. The standard InChI is InChI=1S/C26H30F2N2O4/c1-25(2,3)34-24(32)29-17-13-11-16(12-14-17)15-30-21-10-5-4-7-18(21)26(33,23(30)31)19-8-6-9-20(27)22(19)28/h4-10,16-17,33H,11-15H2,1-3H3,(H,29,32). The van der Waals surface area contributed by atoms with Gasteiger partial charge in [-0.2, -0.15) is 0 Å². The predicted molar refractivity (Wildman–Crippen MR) is 123 cm³/mol. The fraction of sp³-hybridized carbons (Fsp3) is 0.462. The number of anilines is 1. The maximum atomic E-state index is 14.7. The average molecular weight is 473 g/mol. The van der Waals surface area contributed by atoms with Gasteiger partial charge in [-0.3, -0.25) is 4.79 Å². The van der Waals surface area contributed by atoms with E-state index in [1.54, 1.807) is 24.3 Å². The van der Waals surface area contributed by atoms with E-state index in [2.05, 4.69) is 5.32 Å². The Morgan fingerprint density at radius 1 is 1.09 bits per heavy atom. The number of carbonyl (C=O) groups excluding carboxylic acids is 2. The molecule has 0 radical (unpaired) electrons. The maximum Gasteiger partial charge on any atom is 0.407 e. The van der Waals surface area contributed by atoms with Crippen LogP contribution in [0.3, 0.4) is 0 Å². The van der Waals surface area contributed by atoms with Gasteiger partial charge in [-0.05, 0) is 64.5 Å². The van der Waals surface area contributed by atoms with Crippen LogP contribution in [0.1, 0.15) is 57.6 Å². The molecule has 1 atom stereocenters. The second-order valence-electron chi connectivity index (χ2n) is 10.1. The Labute approximate surface area is 197 Å². The summed E-state index contributed by atoms with van der Waals surface area (Å²) in [4.78, 5) is 27.0. The monoisotopic (exact) mass is 472 g/mol. The molecule has 1 aliphatic heterocycles. The second kappa shape index (κ2) is 8.98. The van der Waals surface area contributed by atoms with Gasteiger partial charge in [0, 0.05) is 23.7 Å². The molecule has 0 spiro atoms. The zero-order chi connectivity index (χ0) is 24.7. The molecule has 8 heteroatoms. The first kappa shape index (κ1) is 24.1. The van der Waals surface area contributed by atoms with Crippen molar-refractivity contribution in [1.29, 1.82) is 0 Å². The lowest BCUT2D eigenvalue weighted by atomic mass is 9.85. The molecule has 1 fully saturated rings. The van der Waals surface area contributed by atoms with Crippen molar-refractivity contribution in [2.75, 3.05) is 11.4 Å². The maximum absolute atomic E-state index is 14.7. The Morgan fingerprint density at radius 3 is 2.41 bits per heavy atom. The van der Waals surface area contributed by atoms with Gasteiger partial charge in [-0.15, -0.1) is 0 Å². The molecule has 2 N–H and O–H groups in total. The van der Waals surface area contributed by atoms with Gasteiger partial charge in [0.05, 0.1) is 5.69 Å². The van der Waals surface area contributed by atoms with Crippen molar-refractivity contribution in [1.82, 2.24) is 5.32 Å². The van der Waals surface area contributed by atoms with Crippen molar-refractivity contribution >= 4 is 17.7 Å². The van der Waals surface area contributed by atoms with Crippen LogP contribution in [0.4, 0.5) is 19.3 Å². The molecule has 1 unspecified atom stereocenters. The van der Waals surface area contributed by atoms with Gasteiger partial charge in [0.15, 0.2) is 17.2 Å². The van der Waals surface area contributed by atoms with Gasteiger partial charge < -0.3 is 20.1 Å². The van der Waals surface area contributed by atoms with Gasteiger partial charge in [0.2, 0.25) is 0 Å². The molecule has 1 aliphatic carbocycles. The molecule has 2 aliphatic rings. The quantitative estimate of drug-likeness (QED) is 0.680. The number of aliphatic hydroxyl groups is 1. The lowest BCUT2D eigenvalue weighted by Gasteiger charge is -2.32. The molecule has 34 heavy (non-hydrogen) atoms. The Morgan fingerprint density at radius 2 is 1.74 bits per heavy atom. The summed E-state index contributed by atoms with van der Waals surface area (Å²) in [5, 5.41) is 14.4. The molecular weight excluding hydrogens is 442 g/mol. The highest BCUT2D eigenvalue weighted by atomic mass is 19.2. The van der Waals surface area contributed by atoms with Crippen molar-refractivity contribution in [2.24, 2.45) is 5.92 Å². The van der Waals surface area contributed by atoms with Gasteiger partial charge in [0.25, 0.3) is 5.91 Å². The normalized spacial score (nSPS) is 24.6.